The topological polar surface area (TPSA) is 40.6 Å². The number of halogens is 3. The van der Waals surface area contributed by atoms with Crippen LogP contribution in [0, 0.1) is 0 Å². The number of hydrogen-bond acceptors (Lipinski definition) is 6. The van der Waals surface area contributed by atoms with Crippen molar-refractivity contribution in [1.82, 2.24) is 9.88 Å². The normalized spacial score (nSPS) is 20.4. The second-order valence-electron chi connectivity index (χ2n) is 8.04. The zero-order valence-electron chi connectivity index (χ0n) is 18.0. The number of morpholine rings is 1. The second kappa shape index (κ2) is 9.34. The summed E-state index contributed by atoms with van der Waals surface area (Å²) in [4.78, 5) is 9.84. The molecule has 0 saturated carbocycles. The van der Waals surface area contributed by atoms with Crippen molar-refractivity contribution < 1.29 is 17.9 Å². The lowest BCUT2D eigenvalue weighted by atomic mass is 10.0. The first-order valence-electron chi connectivity index (χ1n) is 10.9. The van der Waals surface area contributed by atoms with Crippen LogP contribution in [0.25, 0.3) is 11.3 Å². The number of alkyl halides is 3. The molecule has 5 nitrogen and oxygen atoms in total. The van der Waals surface area contributed by atoms with Gasteiger partial charge in [-0.15, -0.1) is 11.3 Å². The quantitative estimate of drug-likeness (QED) is 0.659. The highest BCUT2D eigenvalue weighted by molar-refractivity contribution is 7.16. The zero-order valence-corrected chi connectivity index (χ0v) is 18.8. The maximum atomic E-state index is 14.0. The summed E-state index contributed by atoms with van der Waals surface area (Å²) < 4.78 is 47.3. The van der Waals surface area contributed by atoms with Gasteiger partial charge < -0.3 is 15.0 Å². The number of nitrogens with zero attached hydrogens (tertiary/aromatic N) is 3. The summed E-state index contributed by atoms with van der Waals surface area (Å²) in [5, 5.41) is 3.79. The highest BCUT2D eigenvalue weighted by Crippen LogP contribution is 2.41. The van der Waals surface area contributed by atoms with Gasteiger partial charge in [-0.3, -0.25) is 4.90 Å². The van der Waals surface area contributed by atoms with Crippen molar-refractivity contribution in [2.45, 2.75) is 44.9 Å². The summed E-state index contributed by atoms with van der Waals surface area (Å²) in [7, 11) is 1.79. The van der Waals surface area contributed by atoms with Gasteiger partial charge in [-0.1, -0.05) is 13.0 Å². The number of nitrogens with one attached hydrogen (secondary N) is 1. The molecule has 9 heteroatoms. The summed E-state index contributed by atoms with van der Waals surface area (Å²) in [6.07, 6.45) is -1.01. The number of thiazole rings is 1. The molecule has 4 rings (SSSR count). The molecule has 0 aliphatic carbocycles. The van der Waals surface area contributed by atoms with Gasteiger partial charge in [0.25, 0.3) is 0 Å². The molecular formula is C22H29F3N4OS. The van der Waals surface area contributed by atoms with Crippen LogP contribution in [0.2, 0.25) is 0 Å². The van der Waals surface area contributed by atoms with Gasteiger partial charge in [0.15, 0.2) is 5.13 Å². The summed E-state index contributed by atoms with van der Waals surface area (Å²) in [5.74, 6) is 0. The fourth-order valence-electron chi connectivity index (χ4n) is 4.53. The van der Waals surface area contributed by atoms with Gasteiger partial charge in [-0.25, -0.2) is 4.98 Å². The minimum Gasteiger partial charge on any atom is -0.378 e. The molecule has 3 heterocycles. The molecule has 0 radical (unpaired) electrons. The lowest BCUT2D eigenvalue weighted by molar-refractivity contribution is -0.137. The number of aromatic nitrogens is 1. The van der Waals surface area contributed by atoms with Crippen molar-refractivity contribution in [1.29, 1.82) is 0 Å². The Kier molecular flexibility index (Phi) is 6.74. The predicted molar refractivity (Wildman–Crippen MR) is 119 cm³/mol. The molecule has 1 aromatic carbocycles. The third kappa shape index (κ3) is 4.83. The Labute approximate surface area is 185 Å². The van der Waals surface area contributed by atoms with Crippen LogP contribution in [0.1, 0.15) is 36.6 Å². The largest absolute Gasteiger partial charge is 0.418 e. The Morgan fingerprint density at radius 1 is 1.23 bits per heavy atom. The molecule has 0 amide bonds. The van der Waals surface area contributed by atoms with Crippen molar-refractivity contribution in [2.75, 3.05) is 50.1 Å². The fourth-order valence-corrected chi connectivity index (χ4v) is 5.49. The lowest BCUT2D eigenvalue weighted by Gasteiger charge is -2.31. The maximum absolute atomic E-state index is 14.0. The highest BCUT2D eigenvalue weighted by Gasteiger charge is 2.36. The van der Waals surface area contributed by atoms with Gasteiger partial charge in [0.2, 0.25) is 0 Å². The van der Waals surface area contributed by atoms with Crippen molar-refractivity contribution in [2.24, 2.45) is 0 Å². The standard InChI is InChI=1S/C22H29F3N4OS/c1-3-16-5-4-8-29(16)14-19-20(27-21(26-2)31-19)15-6-7-18(17(13-15)22(23,24)25)28-9-11-30-12-10-28/h6-7,13,16H,3-5,8-12,14H2,1-2H3,(H,26,27). The van der Waals surface area contributed by atoms with Crippen LogP contribution in [0.5, 0.6) is 0 Å². The molecule has 2 fully saturated rings. The average molecular weight is 455 g/mol. The van der Waals surface area contributed by atoms with Gasteiger partial charge in [-0.2, -0.15) is 13.2 Å². The summed E-state index contributed by atoms with van der Waals surface area (Å²) in [5.41, 5.74) is 0.777. The van der Waals surface area contributed by atoms with Crippen molar-refractivity contribution in [3.63, 3.8) is 0 Å². The van der Waals surface area contributed by atoms with Gasteiger partial charge in [-0.05, 0) is 37.9 Å². The van der Waals surface area contributed by atoms with Gasteiger partial charge >= 0.3 is 6.18 Å². The third-order valence-electron chi connectivity index (χ3n) is 6.16. The van der Waals surface area contributed by atoms with E-state index in [2.05, 4.69) is 22.1 Å². The lowest BCUT2D eigenvalue weighted by Crippen LogP contribution is -2.37. The van der Waals surface area contributed by atoms with E-state index in [-0.39, 0.29) is 5.69 Å². The molecule has 1 unspecified atom stereocenters. The minimum absolute atomic E-state index is 0.218. The van der Waals surface area contributed by atoms with E-state index in [0.717, 1.165) is 35.9 Å². The van der Waals surface area contributed by atoms with E-state index < -0.39 is 11.7 Å². The van der Waals surface area contributed by atoms with E-state index in [9.17, 15) is 13.2 Å². The van der Waals surface area contributed by atoms with Crippen LogP contribution < -0.4 is 10.2 Å². The Balaban J connectivity index is 1.71. The first-order valence-corrected chi connectivity index (χ1v) is 11.7. The number of rotatable bonds is 6. The summed E-state index contributed by atoms with van der Waals surface area (Å²) in [6.45, 7) is 5.73. The average Bonchev–Trinajstić information content (AvgIpc) is 3.40. The van der Waals surface area contributed by atoms with E-state index in [0.29, 0.717) is 43.6 Å². The molecule has 1 aromatic heterocycles. The van der Waals surface area contributed by atoms with Crippen molar-refractivity contribution >= 4 is 22.2 Å². The molecule has 0 bridgehead atoms. The Hall–Kier alpha value is -1.84. The number of ether oxygens (including phenoxy) is 1. The molecular weight excluding hydrogens is 425 g/mol. The van der Waals surface area contributed by atoms with Crippen LogP contribution in [0.3, 0.4) is 0 Å². The molecule has 2 aromatic rings. The van der Waals surface area contributed by atoms with Gasteiger partial charge in [0, 0.05) is 48.9 Å². The number of hydrogen-bond donors (Lipinski definition) is 1. The Bertz CT molecular complexity index is 895. The van der Waals surface area contributed by atoms with E-state index in [1.807, 2.05) is 0 Å². The summed E-state index contributed by atoms with van der Waals surface area (Å²) >= 11 is 1.53. The molecule has 1 atom stereocenters. The summed E-state index contributed by atoms with van der Waals surface area (Å²) in [6, 6.07) is 5.17. The number of likely N-dealkylation sites (tertiary alicyclic amines) is 1. The molecule has 1 N–H and O–H groups in total. The van der Waals surface area contributed by atoms with Crippen LogP contribution in [-0.2, 0) is 17.5 Å². The van der Waals surface area contributed by atoms with Crippen molar-refractivity contribution in [3.05, 3.63) is 28.6 Å². The molecule has 2 aliphatic rings. The first kappa shape index (κ1) is 22.4. The van der Waals surface area contributed by atoms with Crippen LogP contribution >= 0.6 is 11.3 Å². The zero-order chi connectivity index (χ0) is 22.0. The van der Waals surface area contributed by atoms with E-state index in [1.54, 1.807) is 24.1 Å². The SMILES string of the molecule is CCC1CCCN1Cc1sc(NC)nc1-c1ccc(N2CCOCC2)c(C(F)(F)F)c1. The molecule has 0 spiro atoms. The maximum Gasteiger partial charge on any atom is 0.418 e. The minimum atomic E-state index is -4.44. The van der Waals surface area contributed by atoms with Gasteiger partial charge in [0.05, 0.1) is 24.5 Å². The number of benzene rings is 1. The molecule has 170 valence electrons. The smallest absolute Gasteiger partial charge is 0.378 e. The predicted octanol–water partition coefficient (Wildman–Crippen LogP) is 5.08. The van der Waals surface area contributed by atoms with Crippen molar-refractivity contribution in [3.8, 4) is 11.3 Å². The second-order valence-corrected chi connectivity index (χ2v) is 9.13. The van der Waals surface area contributed by atoms with Crippen LogP contribution in [0.4, 0.5) is 24.0 Å². The Morgan fingerprint density at radius 2 is 2.00 bits per heavy atom. The first-order chi connectivity index (χ1) is 14.9. The Morgan fingerprint density at radius 3 is 2.68 bits per heavy atom. The van der Waals surface area contributed by atoms with Gasteiger partial charge in [0.1, 0.15) is 0 Å². The van der Waals surface area contributed by atoms with E-state index >= 15 is 0 Å². The van der Waals surface area contributed by atoms with E-state index in [1.165, 1.54) is 23.8 Å². The monoisotopic (exact) mass is 454 g/mol. The number of anilines is 2. The van der Waals surface area contributed by atoms with E-state index in [4.69, 9.17) is 4.74 Å². The highest BCUT2D eigenvalue weighted by atomic mass is 32.1. The molecule has 2 saturated heterocycles. The molecule has 2 aliphatic heterocycles. The molecule has 31 heavy (non-hydrogen) atoms. The van der Waals surface area contributed by atoms with Crippen LogP contribution in [-0.4, -0.2) is 55.8 Å². The van der Waals surface area contributed by atoms with Crippen LogP contribution in [0.15, 0.2) is 18.2 Å². The fraction of sp³-hybridized carbons (Fsp3) is 0.591. The third-order valence-corrected chi connectivity index (χ3v) is 7.21.